The van der Waals surface area contributed by atoms with Crippen LogP contribution in [0.5, 0.6) is 5.75 Å². The summed E-state index contributed by atoms with van der Waals surface area (Å²) in [5.41, 5.74) is 1.57. The van der Waals surface area contributed by atoms with Gasteiger partial charge in [-0.15, -0.1) is 0 Å². The summed E-state index contributed by atoms with van der Waals surface area (Å²) >= 11 is 0. The lowest BCUT2D eigenvalue weighted by molar-refractivity contribution is -0.138. The molecule has 0 radical (unpaired) electrons. The van der Waals surface area contributed by atoms with Crippen molar-refractivity contribution in [3.05, 3.63) is 65.2 Å². The van der Waals surface area contributed by atoms with E-state index in [-0.39, 0.29) is 0 Å². The van der Waals surface area contributed by atoms with Gasteiger partial charge in [0, 0.05) is 0 Å². The van der Waals surface area contributed by atoms with Crippen molar-refractivity contribution in [3.63, 3.8) is 0 Å². The first-order valence-electron chi connectivity index (χ1n) is 7.24. The number of ether oxygens (including phenoxy) is 1. The zero-order valence-electron chi connectivity index (χ0n) is 12.8. The Labute approximate surface area is 133 Å². The van der Waals surface area contributed by atoms with Gasteiger partial charge in [0.2, 0.25) is 0 Å². The first kappa shape index (κ1) is 15.0. The Morgan fingerprint density at radius 2 is 1.61 bits per heavy atom. The van der Waals surface area contributed by atoms with Gasteiger partial charge < -0.3 is 4.74 Å². The monoisotopic (exact) mass is 309 g/mol. The van der Waals surface area contributed by atoms with Gasteiger partial charge in [0.15, 0.2) is 0 Å². The fraction of sp³-hybridized carbons (Fsp3) is 0.167. The molecule has 0 aromatic heterocycles. The lowest BCUT2D eigenvalue weighted by atomic mass is 10.1. The average molecular weight is 309 g/mol. The van der Waals surface area contributed by atoms with Gasteiger partial charge in [-0.3, -0.25) is 14.5 Å². The standard InChI is InChI=1S/C18H15NO4/c1-11-6-5-7-13(10-11)23-18(22)12(2)19-16(20)14-8-3-4-9-15(14)17(19)21/h3-10,12H,1-2H3/t12-/m1/s1. The van der Waals surface area contributed by atoms with Gasteiger partial charge in [-0.1, -0.05) is 24.3 Å². The minimum absolute atomic E-state index is 0.313. The second-order valence-electron chi connectivity index (χ2n) is 5.44. The zero-order valence-corrected chi connectivity index (χ0v) is 12.8. The van der Waals surface area contributed by atoms with Crippen LogP contribution in [0.25, 0.3) is 0 Å². The molecule has 0 spiro atoms. The molecule has 1 aliphatic heterocycles. The number of nitrogens with zero attached hydrogens (tertiary/aromatic N) is 1. The minimum atomic E-state index is -0.997. The first-order chi connectivity index (χ1) is 11.0. The van der Waals surface area contributed by atoms with Gasteiger partial charge in [0.25, 0.3) is 11.8 Å². The summed E-state index contributed by atoms with van der Waals surface area (Å²) in [7, 11) is 0. The normalized spacial score (nSPS) is 14.6. The number of esters is 1. The second kappa shape index (κ2) is 5.68. The first-order valence-corrected chi connectivity index (χ1v) is 7.24. The number of hydrogen-bond acceptors (Lipinski definition) is 4. The van der Waals surface area contributed by atoms with Crippen molar-refractivity contribution in [1.82, 2.24) is 4.90 Å². The number of hydrogen-bond donors (Lipinski definition) is 0. The van der Waals surface area contributed by atoms with Crippen LogP contribution >= 0.6 is 0 Å². The van der Waals surface area contributed by atoms with Crippen LogP contribution in [0, 0.1) is 6.92 Å². The van der Waals surface area contributed by atoms with E-state index in [1.54, 1.807) is 42.5 Å². The van der Waals surface area contributed by atoms with E-state index in [2.05, 4.69) is 0 Å². The highest BCUT2D eigenvalue weighted by Gasteiger charge is 2.41. The van der Waals surface area contributed by atoms with Gasteiger partial charge in [-0.2, -0.15) is 0 Å². The highest BCUT2D eigenvalue weighted by molar-refractivity contribution is 6.22. The summed E-state index contributed by atoms with van der Waals surface area (Å²) in [5, 5.41) is 0. The largest absolute Gasteiger partial charge is 0.425 e. The van der Waals surface area contributed by atoms with Crippen molar-refractivity contribution in [2.75, 3.05) is 0 Å². The molecule has 23 heavy (non-hydrogen) atoms. The van der Waals surface area contributed by atoms with Gasteiger partial charge in [-0.05, 0) is 43.7 Å². The molecular formula is C18H15NO4. The molecule has 1 heterocycles. The van der Waals surface area contributed by atoms with Gasteiger partial charge in [0.05, 0.1) is 11.1 Å². The minimum Gasteiger partial charge on any atom is -0.425 e. The fourth-order valence-corrected chi connectivity index (χ4v) is 2.55. The van der Waals surface area contributed by atoms with Gasteiger partial charge >= 0.3 is 5.97 Å². The van der Waals surface area contributed by atoms with Crippen LogP contribution in [-0.4, -0.2) is 28.7 Å². The molecule has 0 saturated carbocycles. The number of amides is 2. The van der Waals surface area contributed by atoms with Crippen LogP contribution in [0.1, 0.15) is 33.2 Å². The Hall–Kier alpha value is -2.95. The van der Waals surface area contributed by atoms with Crippen LogP contribution < -0.4 is 4.74 Å². The van der Waals surface area contributed by atoms with E-state index >= 15 is 0 Å². The molecule has 0 fully saturated rings. The number of aryl methyl sites for hydroxylation is 1. The van der Waals surface area contributed by atoms with Crippen LogP contribution in [0.2, 0.25) is 0 Å². The summed E-state index contributed by atoms with van der Waals surface area (Å²) in [5.74, 6) is -1.21. The molecule has 1 aliphatic rings. The van der Waals surface area contributed by atoms with Crippen molar-refractivity contribution in [2.45, 2.75) is 19.9 Å². The topological polar surface area (TPSA) is 63.7 Å². The van der Waals surface area contributed by atoms with Gasteiger partial charge in [0.1, 0.15) is 11.8 Å². The third-order valence-electron chi connectivity index (χ3n) is 3.76. The molecule has 0 saturated heterocycles. The van der Waals surface area contributed by atoms with Crippen LogP contribution in [-0.2, 0) is 4.79 Å². The fourth-order valence-electron chi connectivity index (χ4n) is 2.55. The summed E-state index contributed by atoms with van der Waals surface area (Å²) in [6, 6.07) is 12.5. The lowest BCUT2D eigenvalue weighted by Crippen LogP contribution is -2.44. The number of fused-ring (bicyclic) bond motifs is 1. The maximum absolute atomic E-state index is 12.4. The molecule has 0 bridgehead atoms. The van der Waals surface area contributed by atoms with E-state index in [9.17, 15) is 14.4 Å². The molecule has 3 rings (SSSR count). The smallest absolute Gasteiger partial charge is 0.334 e. The van der Waals surface area contributed by atoms with Crippen LogP contribution in [0.4, 0.5) is 0 Å². The summed E-state index contributed by atoms with van der Waals surface area (Å²) in [6.45, 7) is 3.37. The molecule has 0 N–H and O–H groups in total. The summed E-state index contributed by atoms with van der Waals surface area (Å²) in [4.78, 5) is 37.9. The Morgan fingerprint density at radius 1 is 1.00 bits per heavy atom. The number of benzene rings is 2. The Bertz CT molecular complexity index is 777. The number of carbonyl (C=O) groups is 3. The third-order valence-corrected chi connectivity index (χ3v) is 3.76. The molecule has 1 atom stereocenters. The van der Waals surface area contributed by atoms with E-state index in [1.165, 1.54) is 6.92 Å². The van der Waals surface area contributed by atoms with Crippen molar-refractivity contribution in [3.8, 4) is 5.75 Å². The van der Waals surface area contributed by atoms with E-state index in [4.69, 9.17) is 4.74 Å². The SMILES string of the molecule is Cc1cccc(OC(=O)[C@@H](C)N2C(=O)c3ccccc3C2=O)c1. The zero-order chi connectivity index (χ0) is 16.6. The number of rotatable bonds is 3. The average Bonchev–Trinajstić information content (AvgIpc) is 2.79. The molecule has 2 amide bonds. The summed E-state index contributed by atoms with van der Waals surface area (Å²) in [6.07, 6.45) is 0. The van der Waals surface area contributed by atoms with Crippen molar-refractivity contribution < 1.29 is 19.1 Å². The van der Waals surface area contributed by atoms with E-state index in [1.807, 2.05) is 13.0 Å². The number of carbonyl (C=O) groups excluding carboxylic acids is 3. The quantitative estimate of drug-likeness (QED) is 0.496. The van der Waals surface area contributed by atoms with E-state index in [0.29, 0.717) is 16.9 Å². The third kappa shape index (κ3) is 2.61. The Kier molecular flexibility index (Phi) is 3.70. The van der Waals surface area contributed by atoms with E-state index < -0.39 is 23.8 Å². The molecule has 0 aliphatic carbocycles. The molecular weight excluding hydrogens is 294 g/mol. The van der Waals surface area contributed by atoms with Gasteiger partial charge in [-0.25, -0.2) is 4.79 Å². The van der Waals surface area contributed by atoms with Crippen molar-refractivity contribution in [1.29, 1.82) is 0 Å². The van der Waals surface area contributed by atoms with E-state index in [0.717, 1.165) is 10.5 Å². The van der Waals surface area contributed by atoms with Crippen LogP contribution in [0.3, 0.4) is 0 Å². The molecule has 2 aromatic carbocycles. The molecule has 5 nitrogen and oxygen atoms in total. The lowest BCUT2D eigenvalue weighted by Gasteiger charge is -2.20. The second-order valence-corrected chi connectivity index (χ2v) is 5.44. The summed E-state index contributed by atoms with van der Waals surface area (Å²) < 4.78 is 5.28. The highest BCUT2D eigenvalue weighted by Crippen LogP contribution is 2.25. The maximum atomic E-state index is 12.4. The molecule has 116 valence electrons. The highest BCUT2D eigenvalue weighted by atomic mass is 16.5. The predicted octanol–water partition coefficient (Wildman–Crippen LogP) is 2.59. The molecule has 5 heteroatoms. The Morgan fingerprint density at radius 3 is 2.17 bits per heavy atom. The van der Waals surface area contributed by atoms with Crippen LogP contribution in [0.15, 0.2) is 48.5 Å². The predicted molar refractivity (Wildman–Crippen MR) is 83.2 cm³/mol. The maximum Gasteiger partial charge on any atom is 0.334 e. The van der Waals surface area contributed by atoms with Crippen molar-refractivity contribution in [2.24, 2.45) is 0 Å². The molecule has 2 aromatic rings. The van der Waals surface area contributed by atoms with Crippen molar-refractivity contribution >= 4 is 17.8 Å². The Balaban J connectivity index is 1.81. The molecule has 0 unspecified atom stereocenters. The number of imide groups is 1.